The van der Waals surface area contributed by atoms with Crippen LogP contribution in [0.2, 0.25) is 0 Å². The molecule has 2 nitrogen and oxygen atoms in total. The van der Waals surface area contributed by atoms with Crippen molar-refractivity contribution in [2.45, 2.75) is 84.5 Å². The van der Waals surface area contributed by atoms with Crippen molar-refractivity contribution >= 4 is 5.97 Å². The Labute approximate surface area is 155 Å². The average Bonchev–Trinajstić information content (AvgIpc) is 2.58. The fourth-order valence-electron chi connectivity index (χ4n) is 2.50. The summed E-state index contributed by atoms with van der Waals surface area (Å²) in [5, 5.41) is 8.58. The molecule has 0 bridgehead atoms. The molecule has 0 fully saturated rings. The van der Waals surface area contributed by atoms with Crippen LogP contribution in [0.15, 0.2) is 48.6 Å². The first-order chi connectivity index (χ1) is 12.2. The van der Waals surface area contributed by atoms with Gasteiger partial charge in [0.25, 0.3) is 0 Å². The Kier molecular flexibility index (Phi) is 17.6. The number of hydrogen-bond donors (Lipinski definition) is 1. The molecule has 0 aliphatic rings. The summed E-state index contributed by atoms with van der Waals surface area (Å²) in [6.07, 6.45) is 29.2. The van der Waals surface area contributed by atoms with Gasteiger partial charge in [0.15, 0.2) is 0 Å². The predicted molar refractivity (Wildman–Crippen MR) is 110 cm³/mol. The first kappa shape index (κ1) is 23.4. The van der Waals surface area contributed by atoms with Crippen LogP contribution >= 0.6 is 0 Å². The number of carboxylic acids is 1. The summed E-state index contributed by atoms with van der Waals surface area (Å²) in [5.74, 6) is -0.127. The van der Waals surface area contributed by atoms with Crippen LogP contribution in [-0.2, 0) is 4.79 Å². The Morgan fingerprint density at radius 1 is 0.880 bits per heavy atom. The van der Waals surface area contributed by atoms with E-state index in [4.69, 9.17) is 5.11 Å². The van der Waals surface area contributed by atoms with E-state index in [2.05, 4.69) is 62.5 Å². The van der Waals surface area contributed by atoms with Gasteiger partial charge >= 0.3 is 5.97 Å². The zero-order valence-corrected chi connectivity index (χ0v) is 16.3. The molecular formula is C23H38O2. The van der Waals surface area contributed by atoms with Gasteiger partial charge in [-0.1, -0.05) is 88.1 Å². The molecule has 142 valence electrons. The van der Waals surface area contributed by atoms with Crippen LogP contribution in [-0.4, -0.2) is 11.1 Å². The largest absolute Gasteiger partial charge is 0.481 e. The molecule has 0 amide bonds. The quantitative estimate of drug-likeness (QED) is 0.182. The molecule has 25 heavy (non-hydrogen) atoms. The molecule has 2 heteroatoms. The molecule has 1 unspecified atom stereocenters. The Bertz CT molecular complexity index is 416. The van der Waals surface area contributed by atoms with Gasteiger partial charge in [0.05, 0.1) is 0 Å². The van der Waals surface area contributed by atoms with Crippen LogP contribution in [0.5, 0.6) is 0 Å². The molecule has 0 radical (unpaired) electrons. The third-order valence-corrected chi connectivity index (χ3v) is 4.09. The van der Waals surface area contributed by atoms with Gasteiger partial charge in [0.1, 0.15) is 0 Å². The van der Waals surface area contributed by atoms with E-state index >= 15 is 0 Å². The van der Waals surface area contributed by atoms with Crippen LogP contribution in [0.1, 0.15) is 84.5 Å². The van der Waals surface area contributed by atoms with Gasteiger partial charge in [-0.15, -0.1) is 0 Å². The van der Waals surface area contributed by atoms with E-state index in [1.165, 1.54) is 25.7 Å². The molecule has 0 saturated carbocycles. The third-order valence-electron chi connectivity index (χ3n) is 4.09. The van der Waals surface area contributed by atoms with Crippen LogP contribution in [0.25, 0.3) is 0 Å². The van der Waals surface area contributed by atoms with Crippen molar-refractivity contribution in [3.8, 4) is 0 Å². The lowest BCUT2D eigenvalue weighted by Crippen LogP contribution is -1.94. The SMILES string of the molecule is CCCCC/C=C\C/C=C\C/C=C\C=C\C(C)CCCCCC(=O)O. The third kappa shape index (κ3) is 20.4. The molecular weight excluding hydrogens is 308 g/mol. The molecule has 0 heterocycles. The molecule has 0 aliphatic carbocycles. The Hall–Kier alpha value is -1.57. The number of hydrogen-bond acceptors (Lipinski definition) is 1. The number of aliphatic carboxylic acids is 1. The van der Waals surface area contributed by atoms with Gasteiger partial charge in [-0.25, -0.2) is 0 Å². The number of rotatable bonds is 16. The minimum Gasteiger partial charge on any atom is -0.481 e. The Morgan fingerprint density at radius 3 is 2.32 bits per heavy atom. The lowest BCUT2D eigenvalue weighted by Gasteiger charge is -2.04. The molecule has 0 aromatic carbocycles. The second-order valence-electron chi connectivity index (χ2n) is 6.69. The summed E-state index contributed by atoms with van der Waals surface area (Å²) in [5.41, 5.74) is 0. The van der Waals surface area contributed by atoms with Gasteiger partial charge in [0.2, 0.25) is 0 Å². The smallest absolute Gasteiger partial charge is 0.303 e. The summed E-state index contributed by atoms with van der Waals surface area (Å²) in [6.45, 7) is 4.45. The number of carbonyl (C=O) groups is 1. The molecule has 0 spiro atoms. The van der Waals surface area contributed by atoms with Crippen molar-refractivity contribution < 1.29 is 9.90 Å². The summed E-state index contributed by atoms with van der Waals surface area (Å²) in [4.78, 5) is 10.4. The molecule has 0 aromatic heterocycles. The van der Waals surface area contributed by atoms with Crippen LogP contribution in [0.4, 0.5) is 0 Å². The molecule has 1 N–H and O–H groups in total. The number of allylic oxidation sites excluding steroid dienone is 8. The standard InChI is InChI=1S/C23H38O2/c1-3-4-5-6-7-8-9-10-11-12-13-14-16-19-22(2)20-17-15-18-21-23(24)25/h7-8,10-11,13-14,16,19,22H,3-6,9,12,15,17-18,20-21H2,1-2H3,(H,24,25)/b8-7-,11-10-,14-13-,19-16+. The van der Waals surface area contributed by atoms with E-state index in [1.807, 2.05) is 0 Å². The average molecular weight is 347 g/mol. The summed E-state index contributed by atoms with van der Waals surface area (Å²) in [6, 6.07) is 0. The van der Waals surface area contributed by atoms with Crippen molar-refractivity contribution in [2.75, 3.05) is 0 Å². The van der Waals surface area contributed by atoms with E-state index in [9.17, 15) is 4.79 Å². The van der Waals surface area contributed by atoms with E-state index in [0.29, 0.717) is 12.3 Å². The first-order valence-corrected chi connectivity index (χ1v) is 10.0. The lowest BCUT2D eigenvalue weighted by atomic mass is 10.0. The normalized spacial score (nSPS) is 13.7. The number of carboxylic acid groups (broad SMARTS) is 1. The second-order valence-corrected chi connectivity index (χ2v) is 6.69. The minimum absolute atomic E-state index is 0.301. The van der Waals surface area contributed by atoms with Gasteiger partial charge in [0, 0.05) is 6.42 Å². The zero-order chi connectivity index (χ0) is 18.6. The molecule has 1 atom stereocenters. The van der Waals surface area contributed by atoms with Crippen molar-refractivity contribution in [1.29, 1.82) is 0 Å². The van der Waals surface area contributed by atoms with Crippen molar-refractivity contribution in [3.63, 3.8) is 0 Å². The highest BCUT2D eigenvalue weighted by Crippen LogP contribution is 2.11. The van der Waals surface area contributed by atoms with Crippen LogP contribution < -0.4 is 0 Å². The topological polar surface area (TPSA) is 37.3 Å². The van der Waals surface area contributed by atoms with Crippen molar-refractivity contribution in [1.82, 2.24) is 0 Å². The zero-order valence-electron chi connectivity index (χ0n) is 16.3. The van der Waals surface area contributed by atoms with E-state index < -0.39 is 5.97 Å². The highest BCUT2D eigenvalue weighted by atomic mass is 16.4. The maximum Gasteiger partial charge on any atom is 0.303 e. The van der Waals surface area contributed by atoms with Crippen LogP contribution in [0.3, 0.4) is 0 Å². The fourth-order valence-corrected chi connectivity index (χ4v) is 2.50. The van der Waals surface area contributed by atoms with Gasteiger partial charge in [-0.3, -0.25) is 4.79 Å². The van der Waals surface area contributed by atoms with Crippen molar-refractivity contribution in [2.24, 2.45) is 5.92 Å². The van der Waals surface area contributed by atoms with Gasteiger partial charge in [-0.05, 0) is 44.4 Å². The Morgan fingerprint density at radius 2 is 1.60 bits per heavy atom. The highest BCUT2D eigenvalue weighted by molar-refractivity contribution is 5.66. The molecule has 0 rings (SSSR count). The van der Waals surface area contributed by atoms with E-state index in [1.54, 1.807) is 0 Å². The van der Waals surface area contributed by atoms with E-state index in [0.717, 1.165) is 38.5 Å². The molecule has 0 saturated heterocycles. The first-order valence-electron chi connectivity index (χ1n) is 10.0. The lowest BCUT2D eigenvalue weighted by molar-refractivity contribution is -0.137. The van der Waals surface area contributed by atoms with E-state index in [-0.39, 0.29) is 0 Å². The number of unbranched alkanes of at least 4 members (excludes halogenated alkanes) is 5. The second kappa shape index (κ2) is 18.8. The van der Waals surface area contributed by atoms with Crippen molar-refractivity contribution in [3.05, 3.63) is 48.6 Å². The monoisotopic (exact) mass is 346 g/mol. The predicted octanol–water partition coefficient (Wildman–Crippen LogP) is 7.24. The molecule has 0 aromatic rings. The maximum atomic E-state index is 10.4. The molecule has 0 aliphatic heterocycles. The summed E-state index contributed by atoms with van der Waals surface area (Å²) < 4.78 is 0. The fraction of sp³-hybridized carbons (Fsp3) is 0.609. The summed E-state index contributed by atoms with van der Waals surface area (Å²) >= 11 is 0. The Balaban J connectivity index is 3.57. The van der Waals surface area contributed by atoms with Gasteiger partial charge in [-0.2, -0.15) is 0 Å². The van der Waals surface area contributed by atoms with Gasteiger partial charge < -0.3 is 5.11 Å². The van der Waals surface area contributed by atoms with Crippen LogP contribution in [0, 0.1) is 5.92 Å². The maximum absolute atomic E-state index is 10.4. The highest BCUT2D eigenvalue weighted by Gasteiger charge is 1.99. The minimum atomic E-state index is -0.685. The summed E-state index contributed by atoms with van der Waals surface area (Å²) in [7, 11) is 0.